The highest BCUT2D eigenvalue weighted by Gasteiger charge is 2.27. The van der Waals surface area contributed by atoms with Crippen molar-refractivity contribution in [1.82, 2.24) is 5.32 Å². The Kier molecular flexibility index (Phi) is 5.90. The first-order chi connectivity index (χ1) is 9.76. The van der Waals surface area contributed by atoms with Crippen LogP contribution in [-0.2, 0) is 4.79 Å². The van der Waals surface area contributed by atoms with Crippen molar-refractivity contribution in [1.29, 1.82) is 0 Å². The second-order valence-electron chi connectivity index (χ2n) is 5.83. The van der Waals surface area contributed by atoms with Crippen LogP contribution in [0.5, 0.6) is 0 Å². The fraction of sp³-hybridized carbons (Fsp3) is 0.500. The lowest BCUT2D eigenvalue weighted by molar-refractivity contribution is -0.120. The van der Waals surface area contributed by atoms with Gasteiger partial charge in [0.1, 0.15) is 0 Å². The number of benzene rings is 1. The molecule has 5 heteroatoms. The van der Waals surface area contributed by atoms with Crippen LogP contribution in [0.15, 0.2) is 24.3 Å². The van der Waals surface area contributed by atoms with Crippen molar-refractivity contribution in [2.75, 3.05) is 5.32 Å². The van der Waals surface area contributed by atoms with E-state index in [-0.39, 0.29) is 17.9 Å². The molecule has 0 fully saturated rings. The van der Waals surface area contributed by atoms with Gasteiger partial charge in [0.25, 0.3) is 5.91 Å². The Balaban J connectivity index is 2.71. The molecule has 0 aliphatic rings. The minimum Gasteiger partial charge on any atom is -0.350 e. The van der Waals surface area contributed by atoms with Gasteiger partial charge in [-0.05, 0) is 51.5 Å². The number of hydrogen-bond donors (Lipinski definition) is 3. The average molecular weight is 291 g/mol. The predicted octanol–water partition coefficient (Wildman–Crippen LogP) is 2.28. The topological polar surface area (TPSA) is 84.2 Å². The summed E-state index contributed by atoms with van der Waals surface area (Å²) in [4.78, 5) is 23.9. The molecule has 0 bridgehead atoms. The maximum atomic E-state index is 12.1. The average Bonchev–Trinajstić information content (AvgIpc) is 2.38. The van der Waals surface area contributed by atoms with E-state index in [1.165, 1.54) is 0 Å². The second-order valence-corrected chi connectivity index (χ2v) is 5.83. The molecule has 2 amide bonds. The zero-order chi connectivity index (χ0) is 16.0. The van der Waals surface area contributed by atoms with E-state index in [9.17, 15) is 9.59 Å². The van der Waals surface area contributed by atoms with Gasteiger partial charge in [-0.25, -0.2) is 0 Å². The fourth-order valence-electron chi connectivity index (χ4n) is 1.96. The molecular formula is C16H25N3O2. The molecule has 1 rings (SSSR count). The highest BCUT2D eigenvalue weighted by Crippen LogP contribution is 2.15. The van der Waals surface area contributed by atoms with Gasteiger partial charge >= 0.3 is 0 Å². The van der Waals surface area contributed by atoms with Crippen LogP contribution in [0.3, 0.4) is 0 Å². The first kappa shape index (κ1) is 17.2. The molecule has 1 unspecified atom stereocenters. The van der Waals surface area contributed by atoms with Gasteiger partial charge in [-0.1, -0.05) is 13.3 Å². The number of amides is 2. The Morgan fingerprint density at radius 2 is 1.81 bits per heavy atom. The van der Waals surface area contributed by atoms with Crippen LogP contribution in [0.2, 0.25) is 0 Å². The molecule has 0 saturated carbocycles. The van der Waals surface area contributed by atoms with Crippen molar-refractivity contribution in [2.45, 2.75) is 52.1 Å². The number of hydrogen-bond acceptors (Lipinski definition) is 3. The Morgan fingerprint density at radius 3 is 2.29 bits per heavy atom. The number of carbonyl (C=O) groups excluding carboxylic acids is 2. The second kappa shape index (κ2) is 7.22. The quantitative estimate of drug-likeness (QED) is 0.751. The van der Waals surface area contributed by atoms with E-state index in [0.29, 0.717) is 17.7 Å². The molecule has 0 aliphatic heterocycles. The Bertz CT molecular complexity index is 493. The van der Waals surface area contributed by atoms with E-state index in [2.05, 4.69) is 10.6 Å². The lowest BCUT2D eigenvalue weighted by atomic mass is 9.96. The van der Waals surface area contributed by atoms with E-state index in [1.54, 1.807) is 31.2 Å². The molecule has 21 heavy (non-hydrogen) atoms. The van der Waals surface area contributed by atoms with Crippen molar-refractivity contribution in [2.24, 2.45) is 5.73 Å². The summed E-state index contributed by atoms with van der Waals surface area (Å²) < 4.78 is 0. The van der Waals surface area contributed by atoms with E-state index in [1.807, 2.05) is 20.8 Å². The summed E-state index contributed by atoms with van der Waals surface area (Å²) in [5, 5.41) is 5.59. The molecule has 0 heterocycles. The molecule has 0 saturated heterocycles. The third-order valence-electron chi connectivity index (χ3n) is 3.11. The lowest BCUT2D eigenvalue weighted by Crippen LogP contribution is -2.48. The van der Waals surface area contributed by atoms with Crippen LogP contribution in [0.4, 0.5) is 5.69 Å². The summed E-state index contributed by atoms with van der Waals surface area (Å²) in [6.07, 6.45) is 1.46. The summed E-state index contributed by atoms with van der Waals surface area (Å²) in [7, 11) is 0. The number of nitrogens with one attached hydrogen (secondary N) is 2. The van der Waals surface area contributed by atoms with Crippen LogP contribution in [0.1, 0.15) is 50.9 Å². The molecular weight excluding hydrogens is 266 g/mol. The van der Waals surface area contributed by atoms with Crippen LogP contribution in [0.25, 0.3) is 0 Å². The van der Waals surface area contributed by atoms with Gasteiger partial charge in [-0.3, -0.25) is 9.59 Å². The van der Waals surface area contributed by atoms with E-state index in [0.717, 1.165) is 6.42 Å². The fourth-order valence-corrected chi connectivity index (χ4v) is 1.96. The van der Waals surface area contributed by atoms with Crippen LogP contribution >= 0.6 is 0 Å². The summed E-state index contributed by atoms with van der Waals surface area (Å²) in [6.45, 7) is 7.52. The Labute approximate surface area is 126 Å². The van der Waals surface area contributed by atoms with Crippen molar-refractivity contribution in [3.05, 3.63) is 29.8 Å². The minimum atomic E-state index is -0.886. The van der Waals surface area contributed by atoms with Gasteiger partial charge in [0.2, 0.25) is 5.91 Å². The molecule has 4 N–H and O–H groups in total. The van der Waals surface area contributed by atoms with Crippen LogP contribution < -0.4 is 16.4 Å². The maximum Gasteiger partial charge on any atom is 0.251 e. The molecule has 5 nitrogen and oxygen atoms in total. The molecule has 0 aliphatic carbocycles. The van der Waals surface area contributed by atoms with Gasteiger partial charge in [-0.2, -0.15) is 0 Å². The first-order valence-electron chi connectivity index (χ1n) is 7.27. The van der Waals surface area contributed by atoms with Gasteiger partial charge < -0.3 is 16.4 Å². The lowest BCUT2D eigenvalue weighted by Gasteiger charge is -2.22. The zero-order valence-electron chi connectivity index (χ0n) is 13.2. The molecule has 0 spiro atoms. The summed E-state index contributed by atoms with van der Waals surface area (Å²) in [5.74, 6) is -0.346. The molecule has 116 valence electrons. The summed E-state index contributed by atoms with van der Waals surface area (Å²) >= 11 is 0. The highest BCUT2D eigenvalue weighted by molar-refractivity contribution is 5.98. The number of carbonyl (C=O) groups is 2. The molecule has 0 radical (unpaired) electrons. The van der Waals surface area contributed by atoms with Crippen LogP contribution in [-0.4, -0.2) is 23.4 Å². The zero-order valence-corrected chi connectivity index (χ0v) is 13.2. The molecule has 1 atom stereocenters. The minimum absolute atomic E-state index is 0.0869. The molecule has 1 aromatic carbocycles. The van der Waals surface area contributed by atoms with E-state index < -0.39 is 5.54 Å². The van der Waals surface area contributed by atoms with Crippen molar-refractivity contribution < 1.29 is 9.59 Å². The van der Waals surface area contributed by atoms with Gasteiger partial charge in [-0.15, -0.1) is 0 Å². The van der Waals surface area contributed by atoms with E-state index >= 15 is 0 Å². The van der Waals surface area contributed by atoms with Crippen molar-refractivity contribution >= 4 is 17.5 Å². The normalized spacial score (nSPS) is 13.6. The smallest absolute Gasteiger partial charge is 0.251 e. The Hall–Kier alpha value is -1.88. The molecule has 0 aromatic heterocycles. The van der Waals surface area contributed by atoms with Gasteiger partial charge in [0, 0.05) is 17.3 Å². The summed E-state index contributed by atoms with van der Waals surface area (Å²) in [5.41, 5.74) is 6.28. The van der Waals surface area contributed by atoms with Crippen LogP contribution in [0, 0.1) is 0 Å². The third kappa shape index (κ3) is 5.19. The number of anilines is 1. The number of rotatable bonds is 6. The van der Waals surface area contributed by atoms with E-state index in [4.69, 9.17) is 5.73 Å². The SMILES string of the molecule is CCCC(C)(N)C(=O)Nc1ccc(C(=O)NC(C)C)cc1. The first-order valence-corrected chi connectivity index (χ1v) is 7.27. The summed E-state index contributed by atoms with van der Waals surface area (Å²) in [6, 6.07) is 6.86. The predicted molar refractivity (Wildman–Crippen MR) is 85.2 cm³/mol. The third-order valence-corrected chi connectivity index (χ3v) is 3.11. The van der Waals surface area contributed by atoms with Gasteiger partial charge in [0.05, 0.1) is 5.54 Å². The number of nitrogens with two attached hydrogens (primary N) is 1. The van der Waals surface area contributed by atoms with Crippen molar-refractivity contribution in [3.63, 3.8) is 0 Å². The maximum absolute atomic E-state index is 12.1. The highest BCUT2D eigenvalue weighted by atomic mass is 16.2. The Morgan fingerprint density at radius 1 is 1.24 bits per heavy atom. The standard InChI is InChI=1S/C16H25N3O2/c1-5-10-16(4,17)15(21)19-13-8-6-12(7-9-13)14(20)18-11(2)3/h6-9,11H,5,10,17H2,1-4H3,(H,18,20)(H,19,21). The molecule has 1 aromatic rings. The van der Waals surface area contributed by atoms with Gasteiger partial charge in [0.15, 0.2) is 0 Å². The largest absolute Gasteiger partial charge is 0.350 e. The van der Waals surface area contributed by atoms with Crippen molar-refractivity contribution in [3.8, 4) is 0 Å². The monoisotopic (exact) mass is 291 g/mol.